The smallest absolute Gasteiger partial charge is 0.161 e. The number of nitrogens with one attached hydrogen (secondary N) is 1. The highest BCUT2D eigenvalue weighted by Gasteiger charge is 2.10. The lowest BCUT2D eigenvalue weighted by atomic mass is 10.1. The fourth-order valence-corrected chi connectivity index (χ4v) is 2.79. The van der Waals surface area contributed by atoms with Crippen LogP contribution < -0.4 is 5.32 Å². The van der Waals surface area contributed by atoms with E-state index in [4.69, 9.17) is 11.6 Å². The molecule has 0 fully saturated rings. The number of pyridine rings is 4. The molecule has 0 aromatic carbocycles. The van der Waals surface area contributed by atoms with Crippen LogP contribution in [0.25, 0.3) is 22.4 Å². The van der Waals surface area contributed by atoms with Gasteiger partial charge in [0.05, 0.1) is 17.1 Å². The fourth-order valence-electron chi connectivity index (χ4n) is 2.61. The standard InChI is InChI=1S/C19H14ClN5/c1-12-4-2-6-15(23-12)17-11-16(14-5-3-8-22-19(14)25-17)24-13-7-9-21-18(20)10-13/h2-11H,1H3,(H,21,22,24,25). The number of nitrogens with zero attached hydrogens (tertiary/aromatic N) is 4. The summed E-state index contributed by atoms with van der Waals surface area (Å²) >= 11 is 5.99. The van der Waals surface area contributed by atoms with Gasteiger partial charge in [0.25, 0.3) is 0 Å². The van der Waals surface area contributed by atoms with E-state index in [1.165, 1.54) is 0 Å². The van der Waals surface area contributed by atoms with Crippen molar-refractivity contribution in [1.82, 2.24) is 19.9 Å². The predicted molar refractivity (Wildman–Crippen MR) is 100 cm³/mol. The molecule has 0 saturated carbocycles. The van der Waals surface area contributed by atoms with Crippen molar-refractivity contribution in [3.05, 3.63) is 71.8 Å². The van der Waals surface area contributed by atoms with E-state index in [0.717, 1.165) is 33.8 Å². The van der Waals surface area contributed by atoms with Gasteiger partial charge in [-0.1, -0.05) is 17.7 Å². The van der Waals surface area contributed by atoms with Gasteiger partial charge in [-0.3, -0.25) is 4.98 Å². The maximum atomic E-state index is 5.99. The summed E-state index contributed by atoms with van der Waals surface area (Å²) in [5, 5.41) is 4.74. The van der Waals surface area contributed by atoms with E-state index < -0.39 is 0 Å². The highest BCUT2D eigenvalue weighted by atomic mass is 35.5. The van der Waals surface area contributed by atoms with Gasteiger partial charge in [-0.05, 0) is 49.4 Å². The lowest BCUT2D eigenvalue weighted by Crippen LogP contribution is -1.97. The van der Waals surface area contributed by atoms with Crippen molar-refractivity contribution in [1.29, 1.82) is 0 Å². The van der Waals surface area contributed by atoms with Gasteiger partial charge in [0, 0.05) is 29.2 Å². The molecule has 0 saturated heterocycles. The number of rotatable bonds is 3. The molecule has 122 valence electrons. The Kier molecular flexibility index (Phi) is 3.99. The third kappa shape index (κ3) is 3.27. The van der Waals surface area contributed by atoms with Crippen LogP contribution in [0.3, 0.4) is 0 Å². The summed E-state index contributed by atoms with van der Waals surface area (Å²) in [6, 6.07) is 15.3. The normalized spacial score (nSPS) is 10.8. The number of anilines is 2. The molecule has 0 aliphatic carbocycles. The van der Waals surface area contributed by atoms with E-state index in [2.05, 4.69) is 25.3 Å². The van der Waals surface area contributed by atoms with Crippen LogP contribution in [0.1, 0.15) is 5.69 Å². The van der Waals surface area contributed by atoms with Gasteiger partial charge in [0.2, 0.25) is 0 Å². The van der Waals surface area contributed by atoms with Crippen molar-refractivity contribution in [2.24, 2.45) is 0 Å². The van der Waals surface area contributed by atoms with Gasteiger partial charge >= 0.3 is 0 Å². The second kappa shape index (κ2) is 6.45. The molecule has 25 heavy (non-hydrogen) atoms. The van der Waals surface area contributed by atoms with Gasteiger partial charge < -0.3 is 5.32 Å². The van der Waals surface area contributed by atoms with Crippen molar-refractivity contribution in [3.8, 4) is 11.4 Å². The summed E-state index contributed by atoms with van der Waals surface area (Å²) in [6.07, 6.45) is 3.39. The van der Waals surface area contributed by atoms with Crippen molar-refractivity contribution >= 4 is 34.0 Å². The number of hydrogen-bond acceptors (Lipinski definition) is 5. The van der Waals surface area contributed by atoms with Crippen molar-refractivity contribution in [3.63, 3.8) is 0 Å². The zero-order valence-electron chi connectivity index (χ0n) is 13.4. The van der Waals surface area contributed by atoms with E-state index in [0.29, 0.717) is 10.8 Å². The maximum absolute atomic E-state index is 5.99. The number of halogens is 1. The second-order valence-corrected chi connectivity index (χ2v) is 5.97. The molecular weight excluding hydrogens is 334 g/mol. The largest absolute Gasteiger partial charge is 0.355 e. The van der Waals surface area contributed by atoms with Crippen molar-refractivity contribution in [2.45, 2.75) is 6.92 Å². The summed E-state index contributed by atoms with van der Waals surface area (Å²) in [7, 11) is 0. The van der Waals surface area contributed by atoms with Crippen LogP contribution in [0.2, 0.25) is 5.15 Å². The third-order valence-electron chi connectivity index (χ3n) is 3.74. The molecule has 1 N–H and O–H groups in total. The summed E-state index contributed by atoms with van der Waals surface area (Å²) in [5.41, 5.74) is 4.90. The minimum absolute atomic E-state index is 0.432. The number of aryl methyl sites for hydroxylation is 1. The molecular formula is C19H14ClN5. The first kappa shape index (κ1) is 15.5. The first-order chi connectivity index (χ1) is 12.2. The van der Waals surface area contributed by atoms with Crippen LogP contribution in [0.15, 0.2) is 60.9 Å². The zero-order chi connectivity index (χ0) is 17.2. The molecule has 0 spiro atoms. The van der Waals surface area contributed by atoms with Gasteiger partial charge in [0.1, 0.15) is 5.15 Å². The Bertz CT molecular complexity index is 1060. The highest BCUT2D eigenvalue weighted by Crippen LogP contribution is 2.29. The minimum atomic E-state index is 0.432. The topological polar surface area (TPSA) is 63.6 Å². The first-order valence-corrected chi connectivity index (χ1v) is 8.15. The number of aromatic nitrogens is 4. The van der Waals surface area contributed by atoms with E-state index in [9.17, 15) is 0 Å². The lowest BCUT2D eigenvalue weighted by Gasteiger charge is -2.11. The predicted octanol–water partition coefficient (Wildman–Crippen LogP) is 4.79. The third-order valence-corrected chi connectivity index (χ3v) is 3.95. The molecule has 0 aliphatic heterocycles. The molecule has 4 aromatic heterocycles. The Morgan fingerprint density at radius 3 is 2.64 bits per heavy atom. The molecule has 0 unspecified atom stereocenters. The van der Waals surface area contributed by atoms with E-state index in [1.807, 2.05) is 49.4 Å². The van der Waals surface area contributed by atoms with E-state index in [-0.39, 0.29) is 0 Å². The molecule has 0 bridgehead atoms. The molecule has 5 nitrogen and oxygen atoms in total. The molecule has 0 radical (unpaired) electrons. The Labute approximate surface area is 149 Å². The van der Waals surface area contributed by atoms with Crippen LogP contribution in [0, 0.1) is 6.92 Å². The summed E-state index contributed by atoms with van der Waals surface area (Å²) < 4.78 is 0. The number of hydrogen-bond donors (Lipinski definition) is 1. The van der Waals surface area contributed by atoms with Gasteiger partial charge in [-0.15, -0.1) is 0 Å². The maximum Gasteiger partial charge on any atom is 0.161 e. The van der Waals surface area contributed by atoms with Crippen LogP contribution in [-0.4, -0.2) is 19.9 Å². The zero-order valence-corrected chi connectivity index (χ0v) is 14.2. The first-order valence-electron chi connectivity index (χ1n) is 7.77. The summed E-state index contributed by atoms with van der Waals surface area (Å²) in [4.78, 5) is 17.6. The summed E-state index contributed by atoms with van der Waals surface area (Å²) in [6.45, 7) is 1.96. The molecule has 4 rings (SSSR count). The van der Waals surface area contributed by atoms with Crippen molar-refractivity contribution in [2.75, 3.05) is 5.32 Å². The number of fused-ring (bicyclic) bond motifs is 1. The second-order valence-electron chi connectivity index (χ2n) is 5.59. The van der Waals surface area contributed by atoms with E-state index >= 15 is 0 Å². The van der Waals surface area contributed by atoms with E-state index in [1.54, 1.807) is 18.5 Å². The summed E-state index contributed by atoms with van der Waals surface area (Å²) in [5.74, 6) is 0. The van der Waals surface area contributed by atoms with Crippen molar-refractivity contribution < 1.29 is 0 Å². The van der Waals surface area contributed by atoms with Crippen LogP contribution in [0.5, 0.6) is 0 Å². The average molecular weight is 348 g/mol. The molecule has 6 heteroatoms. The minimum Gasteiger partial charge on any atom is -0.355 e. The van der Waals surface area contributed by atoms with Crippen LogP contribution in [-0.2, 0) is 0 Å². The Morgan fingerprint density at radius 1 is 0.880 bits per heavy atom. The Morgan fingerprint density at radius 2 is 1.80 bits per heavy atom. The van der Waals surface area contributed by atoms with Gasteiger partial charge in [-0.25, -0.2) is 15.0 Å². The quantitative estimate of drug-likeness (QED) is 0.540. The SMILES string of the molecule is Cc1cccc(-c2cc(Nc3ccnc(Cl)c3)c3cccnc3n2)n1. The van der Waals surface area contributed by atoms with Crippen LogP contribution in [0.4, 0.5) is 11.4 Å². The highest BCUT2D eigenvalue weighted by molar-refractivity contribution is 6.29. The monoisotopic (exact) mass is 347 g/mol. The Balaban J connectivity index is 1.87. The van der Waals surface area contributed by atoms with Gasteiger partial charge in [0.15, 0.2) is 5.65 Å². The lowest BCUT2D eigenvalue weighted by molar-refractivity contribution is 1.18. The molecule has 0 aliphatic rings. The van der Waals surface area contributed by atoms with Gasteiger partial charge in [-0.2, -0.15) is 0 Å². The molecule has 0 amide bonds. The van der Waals surface area contributed by atoms with Crippen LogP contribution >= 0.6 is 11.6 Å². The average Bonchev–Trinajstić information content (AvgIpc) is 2.62. The molecule has 4 heterocycles. The fraction of sp³-hybridized carbons (Fsp3) is 0.0526. The Hall–Kier alpha value is -3.05. The molecule has 0 atom stereocenters. The molecule has 4 aromatic rings.